The zero-order valence-electron chi connectivity index (χ0n) is 20.1. The summed E-state index contributed by atoms with van der Waals surface area (Å²) < 4.78 is 33.4. The van der Waals surface area contributed by atoms with Crippen LogP contribution in [0.25, 0.3) is 0 Å². The molecule has 0 aromatic heterocycles. The molecule has 8 nitrogen and oxygen atoms in total. The third-order valence-electron chi connectivity index (χ3n) is 6.11. The van der Waals surface area contributed by atoms with E-state index in [9.17, 15) is 9.59 Å². The summed E-state index contributed by atoms with van der Waals surface area (Å²) in [5, 5.41) is 0. The number of carbonyl (C=O) groups is 2. The first kappa shape index (κ1) is 23.9. The Labute approximate surface area is 199 Å². The van der Waals surface area contributed by atoms with Gasteiger partial charge >= 0.3 is 5.97 Å². The lowest BCUT2D eigenvalue weighted by Crippen LogP contribution is -2.31. The van der Waals surface area contributed by atoms with Gasteiger partial charge in [-0.2, -0.15) is 0 Å². The highest BCUT2D eigenvalue weighted by Crippen LogP contribution is 2.44. The van der Waals surface area contributed by atoms with Crippen molar-refractivity contribution < 1.29 is 38.0 Å². The number of hydrogen-bond donors (Lipinski definition) is 0. The van der Waals surface area contributed by atoms with E-state index in [0.29, 0.717) is 28.6 Å². The van der Waals surface area contributed by atoms with E-state index >= 15 is 0 Å². The molecule has 182 valence electrons. The lowest BCUT2D eigenvalue weighted by atomic mass is 9.83. The van der Waals surface area contributed by atoms with E-state index in [1.807, 2.05) is 18.2 Å². The van der Waals surface area contributed by atoms with Crippen molar-refractivity contribution in [1.82, 2.24) is 0 Å². The molecule has 0 radical (unpaired) electrons. The number of ether oxygens (including phenoxy) is 6. The molecule has 2 heterocycles. The monoisotopic (exact) mass is 470 g/mol. The second-order valence-corrected chi connectivity index (χ2v) is 9.42. The maximum atomic E-state index is 13.6. The van der Waals surface area contributed by atoms with Gasteiger partial charge in [-0.05, 0) is 56.7 Å². The summed E-state index contributed by atoms with van der Waals surface area (Å²) in [5.74, 6) is 0.957. The van der Waals surface area contributed by atoms with Crippen molar-refractivity contribution >= 4 is 11.8 Å². The SMILES string of the molecule is COc1ccc(C(=O)[C@H]2CO[C@@H](c3ccc4c(c3)OCO4)[C@@H]2COC(=O)C(C)(C)C)cc1OC. The molecule has 0 amide bonds. The number of methoxy groups -OCH3 is 2. The van der Waals surface area contributed by atoms with Crippen LogP contribution in [-0.4, -0.2) is 46.0 Å². The number of esters is 1. The molecule has 0 saturated carbocycles. The Hall–Kier alpha value is -3.26. The van der Waals surface area contributed by atoms with Crippen molar-refractivity contribution in [3.63, 3.8) is 0 Å². The Morgan fingerprint density at radius 3 is 2.41 bits per heavy atom. The van der Waals surface area contributed by atoms with Crippen LogP contribution >= 0.6 is 0 Å². The third kappa shape index (κ3) is 4.68. The summed E-state index contributed by atoms with van der Waals surface area (Å²) in [6.45, 7) is 5.80. The van der Waals surface area contributed by atoms with Crippen LogP contribution in [-0.2, 0) is 14.3 Å². The highest BCUT2D eigenvalue weighted by atomic mass is 16.7. The Bertz CT molecular complexity index is 1070. The third-order valence-corrected chi connectivity index (χ3v) is 6.11. The van der Waals surface area contributed by atoms with E-state index in [1.54, 1.807) is 46.1 Å². The highest BCUT2D eigenvalue weighted by molar-refractivity contribution is 5.99. The van der Waals surface area contributed by atoms with Gasteiger partial charge in [-0.25, -0.2) is 0 Å². The molecular weight excluding hydrogens is 440 g/mol. The van der Waals surface area contributed by atoms with E-state index in [-0.39, 0.29) is 37.7 Å². The number of fused-ring (bicyclic) bond motifs is 1. The minimum atomic E-state index is -0.656. The van der Waals surface area contributed by atoms with Gasteiger partial charge in [-0.15, -0.1) is 0 Å². The molecule has 0 spiro atoms. The van der Waals surface area contributed by atoms with E-state index < -0.39 is 17.4 Å². The van der Waals surface area contributed by atoms with Crippen LogP contribution in [0.3, 0.4) is 0 Å². The fourth-order valence-corrected chi connectivity index (χ4v) is 4.16. The molecular formula is C26H30O8. The van der Waals surface area contributed by atoms with Crippen molar-refractivity contribution in [2.24, 2.45) is 17.3 Å². The first-order chi connectivity index (χ1) is 16.2. The van der Waals surface area contributed by atoms with Crippen LogP contribution in [0.1, 0.15) is 42.8 Å². The number of ketones is 1. The number of hydrogen-bond acceptors (Lipinski definition) is 8. The largest absolute Gasteiger partial charge is 0.493 e. The maximum Gasteiger partial charge on any atom is 0.311 e. The highest BCUT2D eigenvalue weighted by Gasteiger charge is 2.44. The van der Waals surface area contributed by atoms with E-state index in [4.69, 9.17) is 28.4 Å². The van der Waals surface area contributed by atoms with Crippen LogP contribution in [0, 0.1) is 17.3 Å². The van der Waals surface area contributed by atoms with Crippen molar-refractivity contribution in [2.45, 2.75) is 26.9 Å². The molecule has 1 fully saturated rings. The summed E-state index contributed by atoms with van der Waals surface area (Å²) in [6, 6.07) is 10.6. The van der Waals surface area contributed by atoms with Crippen LogP contribution in [0.2, 0.25) is 0 Å². The molecule has 0 aliphatic carbocycles. The van der Waals surface area contributed by atoms with Crippen LogP contribution in [0.15, 0.2) is 36.4 Å². The van der Waals surface area contributed by atoms with Gasteiger partial charge in [0.2, 0.25) is 6.79 Å². The Kier molecular flexibility index (Phi) is 6.70. The first-order valence-electron chi connectivity index (χ1n) is 11.2. The molecule has 0 unspecified atom stereocenters. The first-order valence-corrected chi connectivity index (χ1v) is 11.2. The summed E-state index contributed by atoms with van der Waals surface area (Å²) in [4.78, 5) is 26.1. The summed E-state index contributed by atoms with van der Waals surface area (Å²) in [6.07, 6.45) is -0.448. The van der Waals surface area contributed by atoms with Gasteiger partial charge in [-0.3, -0.25) is 9.59 Å². The quantitative estimate of drug-likeness (QED) is 0.439. The van der Waals surface area contributed by atoms with Crippen LogP contribution in [0.5, 0.6) is 23.0 Å². The minimum Gasteiger partial charge on any atom is -0.493 e. The molecule has 2 aliphatic heterocycles. The van der Waals surface area contributed by atoms with Gasteiger partial charge in [0.15, 0.2) is 28.8 Å². The Balaban J connectivity index is 1.62. The van der Waals surface area contributed by atoms with Gasteiger partial charge in [0.25, 0.3) is 0 Å². The zero-order valence-corrected chi connectivity index (χ0v) is 20.1. The molecule has 0 N–H and O–H groups in total. The predicted octanol–water partition coefficient (Wildman–Crippen LogP) is 4.21. The molecule has 0 bridgehead atoms. The van der Waals surface area contributed by atoms with E-state index in [2.05, 4.69) is 0 Å². The van der Waals surface area contributed by atoms with Crippen molar-refractivity contribution in [1.29, 1.82) is 0 Å². The molecule has 8 heteroatoms. The molecule has 2 aliphatic rings. The van der Waals surface area contributed by atoms with Gasteiger partial charge in [0.05, 0.1) is 44.9 Å². The Morgan fingerprint density at radius 1 is 0.971 bits per heavy atom. The van der Waals surface area contributed by atoms with Crippen molar-refractivity contribution in [3.8, 4) is 23.0 Å². The fraction of sp³-hybridized carbons (Fsp3) is 0.462. The molecule has 34 heavy (non-hydrogen) atoms. The second-order valence-electron chi connectivity index (χ2n) is 9.42. The van der Waals surface area contributed by atoms with Gasteiger partial charge in [0.1, 0.15) is 0 Å². The van der Waals surface area contributed by atoms with Crippen LogP contribution < -0.4 is 18.9 Å². The van der Waals surface area contributed by atoms with Gasteiger partial charge in [-0.1, -0.05) is 6.07 Å². The molecule has 3 atom stereocenters. The maximum absolute atomic E-state index is 13.6. The number of rotatable bonds is 7. The van der Waals surface area contributed by atoms with E-state index in [0.717, 1.165) is 5.56 Å². The Morgan fingerprint density at radius 2 is 1.71 bits per heavy atom. The molecule has 2 aromatic rings. The summed E-state index contributed by atoms with van der Waals surface area (Å²) in [7, 11) is 3.06. The summed E-state index contributed by atoms with van der Waals surface area (Å²) in [5.41, 5.74) is 0.657. The standard InChI is InChI=1S/C26H30O8/c1-26(2,3)25(28)32-13-18-17(23(27)15-6-8-19(29-4)21(10-15)30-5)12-31-24(18)16-7-9-20-22(11-16)34-14-33-20/h6-11,17-18,24H,12-14H2,1-5H3/t17-,18+,24-/m0/s1. The van der Waals surface area contributed by atoms with Crippen molar-refractivity contribution in [3.05, 3.63) is 47.5 Å². The lowest BCUT2D eigenvalue weighted by molar-refractivity contribution is -0.155. The topological polar surface area (TPSA) is 89.5 Å². The molecule has 4 rings (SSSR count). The van der Waals surface area contributed by atoms with E-state index in [1.165, 1.54) is 7.11 Å². The average molecular weight is 471 g/mol. The minimum absolute atomic E-state index is 0.0545. The number of benzene rings is 2. The summed E-state index contributed by atoms with van der Waals surface area (Å²) >= 11 is 0. The fourth-order valence-electron chi connectivity index (χ4n) is 4.16. The van der Waals surface area contributed by atoms with Gasteiger partial charge in [0, 0.05) is 11.5 Å². The van der Waals surface area contributed by atoms with Gasteiger partial charge < -0.3 is 28.4 Å². The lowest BCUT2D eigenvalue weighted by Gasteiger charge is -2.25. The van der Waals surface area contributed by atoms with Crippen molar-refractivity contribution in [2.75, 3.05) is 34.2 Å². The predicted molar refractivity (Wildman–Crippen MR) is 123 cm³/mol. The molecule has 2 aromatic carbocycles. The second kappa shape index (κ2) is 9.54. The average Bonchev–Trinajstić information content (AvgIpc) is 3.47. The molecule has 1 saturated heterocycles. The number of Topliss-reactive ketones (excluding diaryl/α,β-unsaturated/α-hetero) is 1. The normalized spacial score (nSPS) is 21.3. The zero-order chi connectivity index (χ0) is 24.5. The number of carbonyl (C=O) groups excluding carboxylic acids is 2. The van der Waals surface area contributed by atoms with Crippen LogP contribution in [0.4, 0.5) is 0 Å². The smallest absolute Gasteiger partial charge is 0.311 e.